The number of furan rings is 1. The molecule has 2 heterocycles. The summed E-state index contributed by atoms with van der Waals surface area (Å²) in [6.07, 6.45) is 6.25. The first-order chi connectivity index (χ1) is 15.0. The molecule has 0 spiro atoms. The molecule has 1 aliphatic heterocycles. The maximum Gasteiger partial charge on any atom is 0.253 e. The Balaban J connectivity index is 1.41. The average Bonchev–Trinajstić information content (AvgIpc) is 3.49. The van der Waals surface area contributed by atoms with E-state index in [-0.39, 0.29) is 17.9 Å². The number of likely N-dealkylation sites (N-methyl/N-ethyl adjacent to an activating group) is 1. The van der Waals surface area contributed by atoms with Gasteiger partial charge in [0.05, 0.1) is 18.8 Å². The fraction of sp³-hybridized carbons (Fsp3) is 0.520. The van der Waals surface area contributed by atoms with Gasteiger partial charge in [0.25, 0.3) is 5.91 Å². The first-order valence-electron chi connectivity index (χ1n) is 11.4. The summed E-state index contributed by atoms with van der Waals surface area (Å²) in [5, 5.41) is 0. The van der Waals surface area contributed by atoms with E-state index < -0.39 is 0 Å². The molecule has 1 saturated heterocycles. The number of carbonyl (C=O) groups excluding carboxylic acids is 2. The fourth-order valence-electron chi connectivity index (χ4n) is 4.95. The predicted octanol–water partition coefficient (Wildman–Crippen LogP) is 3.56. The zero-order valence-corrected chi connectivity index (χ0v) is 18.6. The molecule has 1 aliphatic carbocycles. The van der Waals surface area contributed by atoms with Crippen molar-refractivity contribution in [3.8, 4) is 0 Å². The second-order valence-electron chi connectivity index (χ2n) is 8.96. The van der Waals surface area contributed by atoms with Crippen LogP contribution in [0.4, 0.5) is 0 Å². The van der Waals surface area contributed by atoms with Gasteiger partial charge < -0.3 is 14.2 Å². The molecule has 6 nitrogen and oxygen atoms in total. The lowest BCUT2D eigenvalue weighted by atomic mass is 9.94. The van der Waals surface area contributed by atoms with Gasteiger partial charge in [0, 0.05) is 38.8 Å². The summed E-state index contributed by atoms with van der Waals surface area (Å²) in [6, 6.07) is 11.4. The molecule has 166 valence electrons. The number of amides is 2. The maximum atomic E-state index is 13.5. The molecule has 0 bridgehead atoms. The molecule has 1 aromatic heterocycles. The van der Waals surface area contributed by atoms with Gasteiger partial charge in [-0.25, -0.2) is 0 Å². The Morgan fingerprint density at radius 1 is 1.06 bits per heavy atom. The molecule has 0 unspecified atom stereocenters. The van der Waals surface area contributed by atoms with E-state index in [2.05, 4.69) is 4.90 Å². The van der Waals surface area contributed by atoms with Gasteiger partial charge in [0.1, 0.15) is 5.76 Å². The Labute approximate surface area is 184 Å². The van der Waals surface area contributed by atoms with E-state index in [4.69, 9.17) is 4.42 Å². The summed E-state index contributed by atoms with van der Waals surface area (Å²) in [7, 11) is 1.87. The molecule has 0 radical (unpaired) electrons. The molecule has 31 heavy (non-hydrogen) atoms. The number of carbonyl (C=O) groups is 2. The van der Waals surface area contributed by atoms with Crippen molar-refractivity contribution in [3.05, 3.63) is 59.5 Å². The van der Waals surface area contributed by atoms with Crippen LogP contribution in [-0.4, -0.2) is 65.8 Å². The topological polar surface area (TPSA) is 57.0 Å². The van der Waals surface area contributed by atoms with E-state index in [1.54, 1.807) is 11.2 Å². The molecule has 4 rings (SSSR count). The van der Waals surface area contributed by atoms with Crippen LogP contribution >= 0.6 is 0 Å². The van der Waals surface area contributed by atoms with E-state index in [1.807, 2.05) is 55.3 Å². The average molecular weight is 424 g/mol. The lowest BCUT2D eigenvalue weighted by molar-refractivity contribution is -0.139. The molecule has 2 aliphatic rings. The Morgan fingerprint density at radius 3 is 2.35 bits per heavy atom. The first kappa shape index (κ1) is 21.6. The minimum Gasteiger partial charge on any atom is -0.467 e. The van der Waals surface area contributed by atoms with Crippen LogP contribution in [0.15, 0.2) is 47.1 Å². The lowest BCUT2D eigenvalue weighted by Crippen LogP contribution is -2.58. The Hall–Kier alpha value is -2.60. The summed E-state index contributed by atoms with van der Waals surface area (Å²) in [4.78, 5) is 32.4. The number of hydrogen-bond acceptors (Lipinski definition) is 4. The zero-order chi connectivity index (χ0) is 21.8. The summed E-state index contributed by atoms with van der Waals surface area (Å²) in [5.74, 6) is 1.44. The highest BCUT2D eigenvalue weighted by Crippen LogP contribution is 2.32. The van der Waals surface area contributed by atoms with Gasteiger partial charge in [-0.05, 0) is 49.9 Å². The second kappa shape index (κ2) is 9.69. The second-order valence-corrected chi connectivity index (χ2v) is 8.96. The van der Waals surface area contributed by atoms with E-state index in [0.717, 1.165) is 42.8 Å². The van der Waals surface area contributed by atoms with Crippen molar-refractivity contribution in [1.82, 2.24) is 14.7 Å². The van der Waals surface area contributed by atoms with Crippen molar-refractivity contribution in [2.75, 3.05) is 33.2 Å². The predicted molar refractivity (Wildman–Crippen MR) is 120 cm³/mol. The molecule has 6 heteroatoms. The van der Waals surface area contributed by atoms with Crippen molar-refractivity contribution in [3.63, 3.8) is 0 Å². The molecule has 2 amide bonds. The van der Waals surface area contributed by atoms with Crippen molar-refractivity contribution in [2.24, 2.45) is 5.92 Å². The summed E-state index contributed by atoms with van der Waals surface area (Å²) >= 11 is 0. The van der Waals surface area contributed by atoms with Gasteiger partial charge in [0.15, 0.2) is 0 Å². The standard InChI is InChI=1S/C25H33N3O3/c1-19-9-11-21(12-10-19)24(29)28-15-13-27(14-16-28)23(20-6-3-4-7-20)25(30)26(2)18-22-8-5-17-31-22/h5,8-12,17,20,23H,3-4,6-7,13-16,18H2,1-2H3/t23-/m1/s1. The van der Waals surface area contributed by atoms with Gasteiger partial charge in [0.2, 0.25) is 5.91 Å². The van der Waals surface area contributed by atoms with Crippen LogP contribution in [-0.2, 0) is 11.3 Å². The molecule has 2 aromatic rings. The molecule has 1 atom stereocenters. The SMILES string of the molecule is Cc1ccc(C(=O)N2CCN([C@@H](C(=O)N(C)Cc3ccco3)C3CCCC3)CC2)cc1. The molecule has 1 saturated carbocycles. The summed E-state index contributed by atoms with van der Waals surface area (Å²) < 4.78 is 5.44. The van der Waals surface area contributed by atoms with Gasteiger partial charge in [-0.1, -0.05) is 30.5 Å². The number of benzene rings is 1. The third-order valence-electron chi connectivity index (χ3n) is 6.74. The van der Waals surface area contributed by atoms with Crippen LogP contribution in [0.25, 0.3) is 0 Å². The number of rotatable bonds is 6. The smallest absolute Gasteiger partial charge is 0.253 e. The minimum atomic E-state index is -0.112. The molecular formula is C25H33N3O3. The van der Waals surface area contributed by atoms with Crippen molar-refractivity contribution in [1.29, 1.82) is 0 Å². The lowest BCUT2D eigenvalue weighted by Gasteiger charge is -2.42. The van der Waals surface area contributed by atoms with Gasteiger partial charge in [-0.3, -0.25) is 14.5 Å². The number of nitrogens with zero attached hydrogens (tertiary/aromatic N) is 3. The quantitative estimate of drug-likeness (QED) is 0.713. The van der Waals surface area contributed by atoms with Gasteiger partial charge in [-0.15, -0.1) is 0 Å². The van der Waals surface area contributed by atoms with Crippen LogP contribution in [0.3, 0.4) is 0 Å². The number of piperazine rings is 1. The minimum absolute atomic E-state index is 0.0818. The maximum absolute atomic E-state index is 13.5. The highest BCUT2D eigenvalue weighted by Gasteiger charge is 2.38. The fourth-order valence-corrected chi connectivity index (χ4v) is 4.95. The summed E-state index contributed by atoms with van der Waals surface area (Å²) in [5.41, 5.74) is 1.89. The molecule has 2 fully saturated rings. The Morgan fingerprint density at radius 2 is 1.74 bits per heavy atom. The van der Waals surface area contributed by atoms with Crippen LogP contribution in [0.1, 0.15) is 47.4 Å². The highest BCUT2D eigenvalue weighted by molar-refractivity contribution is 5.94. The normalized spacial score (nSPS) is 18.8. The van der Waals surface area contributed by atoms with E-state index in [1.165, 1.54) is 12.8 Å². The van der Waals surface area contributed by atoms with Crippen LogP contribution in [0.2, 0.25) is 0 Å². The Kier molecular flexibility index (Phi) is 6.76. The van der Waals surface area contributed by atoms with E-state index in [0.29, 0.717) is 25.6 Å². The molecule has 1 aromatic carbocycles. The molecular weight excluding hydrogens is 390 g/mol. The van der Waals surface area contributed by atoms with Gasteiger partial charge >= 0.3 is 0 Å². The summed E-state index contributed by atoms with van der Waals surface area (Å²) in [6.45, 7) is 5.30. The third-order valence-corrected chi connectivity index (χ3v) is 6.74. The van der Waals surface area contributed by atoms with Crippen LogP contribution < -0.4 is 0 Å². The monoisotopic (exact) mass is 423 g/mol. The first-order valence-corrected chi connectivity index (χ1v) is 11.4. The largest absolute Gasteiger partial charge is 0.467 e. The van der Waals surface area contributed by atoms with E-state index in [9.17, 15) is 9.59 Å². The van der Waals surface area contributed by atoms with E-state index >= 15 is 0 Å². The van der Waals surface area contributed by atoms with Crippen LogP contribution in [0, 0.1) is 12.8 Å². The number of hydrogen-bond donors (Lipinski definition) is 0. The Bertz CT molecular complexity index is 864. The van der Waals surface area contributed by atoms with Crippen molar-refractivity contribution < 1.29 is 14.0 Å². The van der Waals surface area contributed by atoms with Crippen molar-refractivity contribution in [2.45, 2.75) is 45.2 Å². The van der Waals surface area contributed by atoms with Crippen molar-refractivity contribution >= 4 is 11.8 Å². The van der Waals surface area contributed by atoms with Crippen LogP contribution in [0.5, 0.6) is 0 Å². The van der Waals surface area contributed by atoms with Gasteiger partial charge in [-0.2, -0.15) is 0 Å². The zero-order valence-electron chi connectivity index (χ0n) is 18.6. The molecule has 0 N–H and O–H groups in total. The highest BCUT2D eigenvalue weighted by atomic mass is 16.3. The number of aryl methyl sites for hydroxylation is 1. The third kappa shape index (κ3) is 5.01.